The maximum absolute atomic E-state index is 13.9. The topological polar surface area (TPSA) is 68.3 Å². The second-order valence-electron chi connectivity index (χ2n) is 6.82. The first kappa shape index (κ1) is 22.5. The molecule has 8 heteroatoms. The molecule has 0 saturated heterocycles. The minimum Gasteiger partial charge on any atom is -0.496 e. The number of rotatable bonds is 10. The molecule has 1 heterocycles. The summed E-state index contributed by atoms with van der Waals surface area (Å²) in [6.07, 6.45) is 0. The second kappa shape index (κ2) is 10.2. The van der Waals surface area contributed by atoms with E-state index >= 15 is 0 Å². The van der Waals surface area contributed by atoms with Crippen molar-refractivity contribution >= 4 is 23.1 Å². The predicted molar refractivity (Wildman–Crippen MR) is 114 cm³/mol. The molecule has 31 heavy (non-hydrogen) atoms. The van der Waals surface area contributed by atoms with Crippen LogP contribution in [0.5, 0.6) is 5.75 Å². The van der Waals surface area contributed by atoms with E-state index in [0.717, 1.165) is 11.0 Å². The number of methoxy groups -OCH3 is 3. The molecule has 1 aliphatic heterocycles. The highest BCUT2D eigenvalue weighted by molar-refractivity contribution is 6.45. The number of imide groups is 1. The van der Waals surface area contributed by atoms with Gasteiger partial charge >= 0.3 is 0 Å². The lowest BCUT2D eigenvalue weighted by Gasteiger charge is -2.25. The average molecular weight is 428 g/mol. The van der Waals surface area contributed by atoms with Gasteiger partial charge in [0.1, 0.15) is 17.3 Å². The van der Waals surface area contributed by atoms with Crippen molar-refractivity contribution in [2.45, 2.75) is 0 Å². The van der Waals surface area contributed by atoms with Gasteiger partial charge in [-0.1, -0.05) is 24.3 Å². The predicted octanol–water partition coefficient (Wildman–Crippen LogP) is 2.71. The number of carbonyl (C=O) groups excluding carboxylic acids is 2. The van der Waals surface area contributed by atoms with Crippen LogP contribution in [0, 0.1) is 5.82 Å². The van der Waals surface area contributed by atoms with Crippen LogP contribution in [0.3, 0.4) is 0 Å². The molecule has 0 bridgehead atoms. The highest BCUT2D eigenvalue weighted by Gasteiger charge is 2.43. The largest absolute Gasteiger partial charge is 0.496 e. The van der Waals surface area contributed by atoms with Crippen LogP contribution in [0.4, 0.5) is 10.1 Å². The number of nitrogens with zero attached hydrogens (tertiary/aromatic N) is 2. The molecule has 0 fully saturated rings. The van der Waals surface area contributed by atoms with E-state index < -0.39 is 17.6 Å². The van der Waals surface area contributed by atoms with Gasteiger partial charge in [-0.25, -0.2) is 9.29 Å². The van der Waals surface area contributed by atoms with E-state index in [0.29, 0.717) is 37.6 Å². The summed E-state index contributed by atoms with van der Waals surface area (Å²) in [5.41, 5.74) is 1.04. The molecule has 2 aromatic carbocycles. The monoisotopic (exact) mass is 428 g/mol. The fourth-order valence-corrected chi connectivity index (χ4v) is 3.49. The van der Waals surface area contributed by atoms with Crippen molar-refractivity contribution in [2.75, 3.05) is 52.5 Å². The Labute approximate surface area is 180 Å². The molecule has 2 amide bonds. The zero-order chi connectivity index (χ0) is 22.4. The van der Waals surface area contributed by atoms with Gasteiger partial charge < -0.3 is 19.1 Å². The first-order chi connectivity index (χ1) is 15.0. The summed E-state index contributed by atoms with van der Waals surface area (Å²) in [6.45, 7) is 1.41. The third-order valence-corrected chi connectivity index (χ3v) is 4.95. The van der Waals surface area contributed by atoms with Crippen molar-refractivity contribution in [1.82, 2.24) is 4.90 Å². The van der Waals surface area contributed by atoms with Gasteiger partial charge in [0.15, 0.2) is 0 Å². The summed E-state index contributed by atoms with van der Waals surface area (Å²) < 4.78 is 29.7. The lowest BCUT2D eigenvalue weighted by molar-refractivity contribution is -0.120. The summed E-state index contributed by atoms with van der Waals surface area (Å²) >= 11 is 0. The number of hydrogen-bond acceptors (Lipinski definition) is 6. The van der Waals surface area contributed by atoms with Crippen LogP contribution in [-0.2, 0) is 19.1 Å². The molecule has 0 unspecified atom stereocenters. The number of amides is 2. The first-order valence-electron chi connectivity index (χ1n) is 9.78. The Morgan fingerprint density at radius 3 is 2.19 bits per heavy atom. The number of ether oxygens (including phenoxy) is 3. The van der Waals surface area contributed by atoms with Crippen molar-refractivity contribution in [2.24, 2.45) is 0 Å². The van der Waals surface area contributed by atoms with Crippen LogP contribution in [0.1, 0.15) is 5.56 Å². The van der Waals surface area contributed by atoms with Crippen LogP contribution in [0.2, 0.25) is 0 Å². The van der Waals surface area contributed by atoms with Crippen molar-refractivity contribution in [3.05, 3.63) is 65.6 Å². The summed E-state index contributed by atoms with van der Waals surface area (Å²) in [5.74, 6) is -1.17. The molecule has 0 atom stereocenters. The fraction of sp³-hybridized carbons (Fsp3) is 0.304. The van der Waals surface area contributed by atoms with Crippen LogP contribution in [-0.4, -0.2) is 64.3 Å². The molecule has 0 aromatic heterocycles. The maximum atomic E-state index is 13.9. The summed E-state index contributed by atoms with van der Waals surface area (Å²) in [4.78, 5) is 29.8. The standard InChI is InChI=1S/C23H25FN2O5/c1-29-13-11-25(12-14-30-2)21-20(18-9-4-5-10-19(18)31-3)22(27)26(23(21)28)17-8-6-7-16(24)15-17/h4-10,15H,11-14H2,1-3H3. The van der Waals surface area contributed by atoms with Gasteiger partial charge in [0.05, 0.1) is 31.6 Å². The number of anilines is 1. The van der Waals surface area contributed by atoms with Gasteiger partial charge in [-0.05, 0) is 24.3 Å². The molecule has 2 aromatic rings. The van der Waals surface area contributed by atoms with Crippen molar-refractivity contribution in [3.63, 3.8) is 0 Å². The smallest absolute Gasteiger partial charge is 0.282 e. The molecule has 0 radical (unpaired) electrons. The van der Waals surface area contributed by atoms with Crippen LogP contribution in [0.15, 0.2) is 54.2 Å². The van der Waals surface area contributed by atoms with Gasteiger partial charge in [0.25, 0.3) is 11.8 Å². The van der Waals surface area contributed by atoms with E-state index in [4.69, 9.17) is 14.2 Å². The SMILES string of the molecule is COCCN(CCOC)C1=C(c2ccccc2OC)C(=O)N(c2cccc(F)c2)C1=O. The first-order valence-corrected chi connectivity index (χ1v) is 9.78. The average Bonchev–Trinajstić information content (AvgIpc) is 3.03. The van der Waals surface area contributed by atoms with E-state index in [1.807, 2.05) is 0 Å². The van der Waals surface area contributed by atoms with Gasteiger partial charge in [-0.3, -0.25) is 9.59 Å². The molecular formula is C23H25FN2O5. The van der Waals surface area contributed by atoms with Gasteiger partial charge in [0, 0.05) is 32.9 Å². The Balaban J connectivity index is 2.18. The molecule has 0 saturated carbocycles. The summed E-state index contributed by atoms with van der Waals surface area (Å²) in [7, 11) is 4.62. The number of hydrogen-bond donors (Lipinski definition) is 0. The molecule has 0 N–H and O–H groups in total. The number of para-hydroxylation sites is 1. The molecule has 164 valence electrons. The minimum absolute atomic E-state index is 0.163. The van der Waals surface area contributed by atoms with E-state index in [9.17, 15) is 14.0 Å². The second-order valence-corrected chi connectivity index (χ2v) is 6.82. The highest BCUT2D eigenvalue weighted by atomic mass is 19.1. The van der Waals surface area contributed by atoms with Crippen molar-refractivity contribution in [1.29, 1.82) is 0 Å². The molecule has 0 aliphatic carbocycles. The Morgan fingerprint density at radius 2 is 1.58 bits per heavy atom. The van der Waals surface area contributed by atoms with Gasteiger partial charge in [0.2, 0.25) is 0 Å². The molecule has 7 nitrogen and oxygen atoms in total. The van der Waals surface area contributed by atoms with Gasteiger partial charge in [-0.15, -0.1) is 0 Å². The van der Waals surface area contributed by atoms with E-state index in [1.54, 1.807) is 43.4 Å². The van der Waals surface area contributed by atoms with Crippen LogP contribution in [0.25, 0.3) is 5.57 Å². The van der Waals surface area contributed by atoms with Gasteiger partial charge in [-0.2, -0.15) is 0 Å². The summed E-state index contributed by atoms with van der Waals surface area (Å²) in [6, 6.07) is 12.4. The van der Waals surface area contributed by atoms with Crippen LogP contribution >= 0.6 is 0 Å². The van der Waals surface area contributed by atoms with Crippen molar-refractivity contribution in [3.8, 4) is 5.75 Å². The zero-order valence-corrected chi connectivity index (χ0v) is 17.8. The maximum Gasteiger partial charge on any atom is 0.282 e. The lowest BCUT2D eigenvalue weighted by Crippen LogP contribution is -2.37. The van der Waals surface area contributed by atoms with E-state index in [-0.39, 0.29) is 17.0 Å². The van der Waals surface area contributed by atoms with E-state index in [2.05, 4.69) is 0 Å². The quantitative estimate of drug-likeness (QED) is 0.542. The Morgan fingerprint density at radius 1 is 0.903 bits per heavy atom. The highest BCUT2D eigenvalue weighted by Crippen LogP contribution is 2.38. The zero-order valence-electron chi connectivity index (χ0n) is 17.8. The van der Waals surface area contributed by atoms with E-state index in [1.165, 1.54) is 25.3 Å². The Hall–Kier alpha value is -3.23. The molecule has 0 spiro atoms. The van der Waals surface area contributed by atoms with Crippen molar-refractivity contribution < 1.29 is 28.2 Å². The Bertz CT molecular complexity index is 983. The minimum atomic E-state index is -0.546. The molecule has 3 rings (SSSR count). The van der Waals surface area contributed by atoms with Crippen LogP contribution < -0.4 is 9.64 Å². The third-order valence-electron chi connectivity index (χ3n) is 4.95. The number of halogens is 1. The normalized spacial score (nSPS) is 13.9. The Kier molecular flexibility index (Phi) is 7.38. The molecule has 1 aliphatic rings. The summed E-state index contributed by atoms with van der Waals surface area (Å²) in [5, 5.41) is 0. The lowest BCUT2D eigenvalue weighted by atomic mass is 10.0. The third kappa shape index (κ3) is 4.60. The number of carbonyl (C=O) groups is 2. The number of benzene rings is 2. The molecular weight excluding hydrogens is 403 g/mol. The fourth-order valence-electron chi connectivity index (χ4n) is 3.49.